The molecule has 0 radical (unpaired) electrons. The number of epoxide rings is 2. The van der Waals surface area contributed by atoms with Crippen LogP contribution in [0, 0.1) is 16.7 Å². The van der Waals surface area contributed by atoms with E-state index in [4.69, 9.17) is 23.7 Å². The number of rotatable bonds is 3. The average Bonchev–Trinajstić information content (AvgIpc) is 3.81. The van der Waals surface area contributed by atoms with Crippen LogP contribution in [0.15, 0.2) is 29.8 Å². The zero-order chi connectivity index (χ0) is 32.7. The van der Waals surface area contributed by atoms with Crippen LogP contribution in [0.3, 0.4) is 0 Å². The number of hydrogen-bond donors (Lipinski definition) is 4. The molecular weight excluding hydrogens is 586 g/mol. The van der Waals surface area contributed by atoms with Crippen molar-refractivity contribution in [1.82, 2.24) is 0 Å². The first kappa shape index (κ1) is 30.5. The summed E-state index contributed by atoms with van der Waals surface area (Å²) in [5, 5.41) is 42.8. The zero-order valence-corrected chi connectivity index (χ0v) is 28.5. The summed E-state index contributed by atoms with van der Waals surface area (Å²) < 4.78 is 32.5. The molecule has 1 aromatic carbocycles. The fourth-order valence-corrected chi connectivity index (χ4v) is 11.9. The fraction of sp³-hybridized carbons (Fsp3) is 0.784. The van der Waals surface area contributed by atoms with Crippen molar-refractivity contribution >= 4 is 5.69 Å². The minimum absolute atomic E-state index is 0.0298. The molecule has 9 heteroatoms. The number of aliphatic hydroxyl groups is 3. The maximum Gasteiger partial charge on any atom is 0.178 e. The molecule has 5 aliphatic heterocycles. The largest absolute Gasteiger partial charge is 0.386 e. The first-order valence-corrected chi connectivity index (χ1v) is 17.5. The minimum atomic E-state index is -1.70. The maximum absolute atomic E-state index is 13.3. The third-order valence-corrected chi connectivity index (χ3v) is 14.6. The highest BCUT2D eigenvalue weighted by atomic mass is 16.8. The summed E-state index contributed by atoms with van der Waals surface area (Å²) in [5.41, 5.74) is -4.40. The van der Waals surface area contributed by atoms with Gasteiger partial charge < -0.3 is 44.3 Å². The zero-order valence-electron chi connectivity index (χ0n) is 28.5. The molecular formula is C37H51NO8. The number of anilines is 1. The molecule has 9 nitrogen and oxygen atoms in total. The van der Waals surface area contributed by atoms with E-state index in [1.54, 1.807) is 0 Å². The van der Waals surface area contributed by atoms with E-state index in [1.807, 2.05) is 45.9 Å². The number of allylic oxidation sites excluding steroid dienone is 1. The molecule has 4 saturated heterocycles. The lowest BCUT2D eigenvalue weighted by molar-refractivity contribution is -0.352. The van der Waals surface area contributed by atoms with Crippen LogP contribution in [0.25, 0.3) is 0 Å². The molecule has 3 aliphatic carbocycles. The van der Waals surface area contributed by atoms with E-state index in [0.29, 0.717) is 38.5 Å². The number of fused-ring (bicyclic) bond motifs is 9. The van der Waals surface area contributed by atoms with Gasteiger partial charge in [0.2, 0.25) is 0 Å². The normalized spacial score (nSPS) is 54.5. The van der Waals surface area contributed by atoms with Gasteiger partial charge in [-0.05, 0) is 97.3 Å². The van der Waals surface area contributed by atoms with Crippen molar-refractivity contribution in [3.05, 3.63) is 41.0 Å². The van der Waals surface area contributed by atoms with Gasteiger partial charge >= 0.3 is 0 Å². The highest BCUT2D eigenvalue weighted by Crippen LogP contribution is 2.80. The summed E-state index contributed by atoms with van der Waals surface area (Å²) in [6, 6.07) is 6.01. The van der Waals surface area contributed by atoms with Crippen LogP contribution in [0.5, 0.6) is 0 Å². The third kappa shape index (κ3) is 3.22. The van der Waals surface area contributed by atoms with Crippen molar-refractivity contribution in [2.24, 2.45) is 16.7 Å². The van der Waals surface area contributed by atoms with Gasteiger partial charge in [0.05, 0.1) is 23.4 Å². The standard InChI is InChI=1S/C37H51NO8/c1-19(2)16-25-43-27-28(31(5,6)45-25)42-23-13-14-32(7)33(8)21(12-15-35(32,40)36(23)29(27)46-36)18-34(39)26-20(17-24-30(3,4)44-24)10-9-11-22(26)38-37(33,34)41/h9-11,16,21,23-25,27-29,38-41H,12-15,17-18H2,1-8H3. The van der Waals surface area contributed by atoms with E-state index < -0.39 is 51.4 Å². The van der Waals surface area contributed by atoms with E-state index in [-0.39, 0.29) is 35.9 Å². The van der Waals surface area contributed by atoms with Crippen molar-refractivity contribution in [2.45, 2.75) is 164 Å². The predicted octanol–water partition coefficient (Wildman–Crippen LogP) is 4.45. The first-order chi connectivity index (χ1) is 21.4. The predicted molar refractivity (Wildman–Crippen MR) is 169 cm³/mol. The van der Waals surface area contributed by atoms with Gasteiger partial charge in [0.25, 0.3) is 0 Å². The molecule has 1 aromatic rings. The highest BCUT2D eigenvalue weighted by Gasteiger charge is 2.90. The lowest BCUT2D eigenvalue weighted by atomic mass is 9.39. The molecule has 5 heterocycles. The van der Waals surface area contributed by atoms with Gasteiger partial charge in [-0.3, -0.25) is 0 Å². The van der Waals surface area contributed by atoms with Gasteiger partial charge in [0.15, 0.2) is 17.6 Å². The molecule has 4 N–H and O–H groups in total. The molecule has 13 atom stereocenters. The van der Waals surface area contributed by atoms with Crippen LogP contribution in [-0.4, -0.2) is 80.3 Å². The van der Waals surface area contributed by atoms with Gasteiger partial charge in [-0.2, -0.15) is 0 Å². The Labute approximate surface area is 272 Å². The molecule has 1 spiro atoms. The summed E-state index contributed by atoms with van der Waals surface area (Å²) in [6.45, 7) is 16.5. The second-order valence-corrected chi connectivity index (χ2v) is 17.6. The number of benzene rings is 1. The lowest BCUT2D eigenvalue weighted by Crippen LogP contribution is -2.79. The summed E-state index contributed by atoms with van der Waals surface area (Å²) in [5.74, 6) is -0.0298. The Morgan fingerprint density at radius 3 is 2.35 bits per heavy atom. The second-order valence-electron chi connectivity index (χ2n) is 17.6. The number of ether oxygens (including phenoxy) is 5. The Kier molecular flexibility index (Phi) is 5.69. The van der Waals surface area contributed by atoms with Gasteiger partial charge in [-0.15, -0.1) is 0 Å². The van der Waals surface area contributed by atoms with Crippen molar-refractivity contribution < 1.29 is 39.0 Å². The van der Waals surface area contributed by atoms with Crippen LogP contribution in [0.4, 0.5) is 5.69 Å². The molecule has 3 saturated carbocycles. The monoisotopic (exact) mass is 637 g/mol. The molecule has 0 bridgehead atoms. The van der Waals surface area contributed by atoms with Gasteiger partial charge in [0, 0.05) is 28.5 Å². The maximum atomic E-state index is 13.3. The Morgan fingerprint density at radius 2 is 1.65 bits per heavy atom. The molecule has 0 amide bonds. The Bertz CT molecular complexity index is 1560. The van der Waals surface area contributed by atoms with E-state index in [0.717, 1.165) is 22.4 Å². The van der Waals surface area contributed by atoms with Crippen LogP contribution in [-0.2, 0) is 35.7 Å². The number of hydrogen-bond acceptors (Lipinski definition) is 9. The second kappa shape index (κ2) is 8.59. The molecule has 8 aliphatic rings. The smallest absolute Gasteiger partial charge is 0.178 e. The first-order valence-electron chi connectivity index (χ1n) is 17.5. The quantitative estimate of drug-likeness (QED) is 0.281. The van der Waals surface area contributed by atoms with Crippen LogP contribution in [0.1, 0.15) is 98.6 Å². The Balaban J connectivity index is 1.11. The Hall–Kier alpha value is -1.56. The Morgan fingerprint density at radius 1 is 0.913 bits per heavy atom. The van der Waals surface area contributed by atoms with Crippen molar-refractivity contribution in [2.75, 3.05) is 5.32 Å². The average molecular weight is 638 g/mol. The molecule has 9 rings (SSSR count). The van der Waals surface area contributed by atoms with Crippen molar-refractivity contribution in [1.29, 1.82) is 0 Å². The topological polar surface area (TPSA) is 125 Å². The van der Waals surface area contributed by atoms with E-state index in [9.17, 15) is 15.3 Å². The summed E-state index contributed by atoms with van der Waals surface area (Å²) >= 11 is 0. The van der Waals surface area contributed by atoms with Crippen molar-refractivity contribution in [3.8, 4) is 0 Å². The summed E-state index contributed by atoms with van der Waals surface area (Å²) in [4.78, 5) is 0. The highest BCUT2D eigenvalue weighted by molar-refractivity contribution is 5.68. The molecule has 46 heavy (non-hydrogen) atoms. The minimum Gasteiger partial charge on any atom is -0.386 e. The fourth-order valence-electron chi connectivity index (χ4n) is 11.9. The summed E-state index contributed by atoms with van der Waals surface area (Å²) in [6.07, 6.45) is 3.58. The van der Waals surface area contributed by atoms with E-state index in [2.05, 4.69) is 39.1 Å². The molecule has 0 aromatic heterocycles. The molecule has 252 valence electrons. The third-order valence-electron chi connectivity index (χ3n) is 14.6. The van der Waals surface area contributed by atoms with Crippen molar-refractivity contribution in [3.63, 3.8) is 0 Å². The van der Waals surface area contributed by atoms with Crippen LogP contribution < -0.4 is 5.32 Å². The van der Waals surface area contributed by atoms with Gasteiger partial charge in [-0.1, -0.05) is 31.6 Å². The lowest BCUT2D eigenvalue weighted by Gasteiger charge is -2.68. The number of nitrogens with one attached hydrogen (secondary N) is 1. The van der Waals surface area contributed by atoms with Crippen LogP contribution >= 0.6 is 0 Å². The molecule has 7 fully saturated rings. The molecule has 13 unspecified atom stereocenters. The van der Waals surface area contributed by atoms with Gasteiger partial charge in [-0.25, -0.2) is 0 Å². The summed E-state index contributed by atoms with van der Waals surface area (Å²) in [7, 11) is 0. The van der Waals surface area contributed by atoms with Crippen LogP contribution in [0.2, 0.25) is 0 Å². The van der Waals surface area contributed by atoms with E-state index >= 15 is 0 Å². The van der Waals surface area contributed by atoms with E-state index in [1.165, 1.54) is 0 Å². The SMILES string of the molecule is CC(C)=CC1OC2C(OC3CCC4(C)C(O)(CCC5CC6(O)c7c(CC8OC8(C)C)cccc7NC6(O)C54C)C34OC24)C(C)(C)O1. The van der Waals surface area contributed by atoms with Gasteiger partial charge in [0.1, 0.15) is 29.5 Å².